The maximum absolute atomic E-state index is 14.2. The Morgan fingerprint density at radius 3 is 1.37 bits per heavy atom. The number of hydrogen-bond donors (Lipinski definition) is 6. The van der Waals surface area contributed by atoms with Crippen LogP contribution in [0, 0.1) is 11.8 Å². The van der Waals surface area contributed by atoms with Gasteiger partial charge in [0.15, 0.2) is 0 Å². The fourth-order valence-corrected chi connectivity index (χ4v) is 11.9. The number of benzene rings is 2. The molecule has 19 nitrogen and oxygen atoms in total. The van der Waals surface area contributed by atoms with Crippen molar-refractivity contribution in [3.8, 4) is 11.5 Å². The molecule has 4 heterocycles. The van der Waals surface area contributed by atoms with Crippen LogP contribution < -0.4 is 41.4 Å². The second kappa shape index (κ2) is 27.1. The van der Waals surface area contributed by atoms with Crippen molar-refractivity contribution in [3.63, 3.8) is 0 Å². The molecule has 4 fully saturated rings. The van der Waals surface area contributed by atoms with Crippen LogP contribution in [0.15, 0.2) is 36.4 Å². The van der Waals surface area contributed by atoms with E-state index in [-0.39, 0.29) is 59.4 Å². The molecule has 1 unspecified atom stereocenters. The lowest BCUT2D eigenvalue weighted by atomic mass is 9.86. The van der Waals surface area contributed by atoms with E-state index in [0.29, 0.717) is 117 Å². The molecule has 6 amide bonds. The van der Waals surface area contributed by atoms with Crippen molar-refractivity contribution < 1.29 is 52.5 Å². The van der Waals surface area contributed by atoms with Crippen LogP contribution in [0.4, 0.5) is 0 Å². The molecule has 412 valence electrons. The third-order valence-corrected chi connectivity index (χ3v) is 16.5. The number of likely N-dealkylation sites (N-methyl/N-ethyl adjacent to an activating group) is 2. The van der Waals surface area contributed by atoms with Crippen LogP contribution in [0.2, 0.25) is 0 Å². The van der Waals surface area contributed by atoms with Crippen molar-refractivity contribution in [1.29, 1.82) is 0 Å². The fourth-order valence-electron chi connectivity index (χ4n) is 11.9. The molecule has 2 aromatic rings. The van der Waals surface area contributed by atoms with Gasteiger partial charge in [-0.1, -0.05) is 24.3 Å². The molecule has 19 heteroatoms. The van der Waals surface area contributed by atoms with Gasteiger partial charge in [-0.25, -0.2) is 0 Å². The first-order valence-electron chi connectivity index (χ1n) is 27.9. The number of nitrogens with zero attached hydrogens (tertiary/aromatic N) is 2. The van der Waals surface area contributed by atoms with Crippen LogP contribution >= 0.6 is 0 Å². The standard InChI is InChI=1S/C56H82N8O11/c1-35(57-3)51(65)61-49(37-21-27-71-28-22-37)55(69)63-25-9-17-45(63)53(67)59-43-15-5-13-41-39(43)11-7-19-47(41)74-33-31-73-32-34-75-48-20-8-12-40-42(48)14-6-16-44(40)60-54(68)46-18-10-26-64(46)56(70)50(38-23-29-72-30-24-38)62-52(66)36(2)58-4/h7-8,11-12,19-20,35-38,43-46,49-50,57-58H,5-6,9-10,13-18,21-34H2,1-4H3,(H,59,67)(H,60,68)(H,61,65)(H,62,66)/t35-,36-,43+,44+,45-,46-,49-,50?/m0/s1. The number of rotatable bonds is 22. The fraction of sp³-hybridized carbons (Fsp3) is 0.679. The molecule has 0 radical (unpaired) electrons. The maximum Gasteiger partial charge on any atom is 0.246 e. The smallest absolute Gasteiger partial charge is 0.246 e. The molecule has 0 saturated carbocycles. The normalized spacial score (nSPS) is 23.7. The Labute approximate surface area is 442 Å². The van der Waals surface area contributed by atoms with Crippen LogP contribution in [0.25, 0.3) is 0 Å². The summed E-state index contributed by atoms with van der Waals surface area (Å²) in [5, 5.41) is 18.5. The van der Waals surface area contributed by atoms with E-state index in [0.717, 1.165) is 72.3 Å². The monoisotopic (exact) mass is 1040 g/mol. The lowest BCUT2D eigenvalue weighted by molar-refractivity contribution is -0.144. The van der Waals surface area contributed by atoms with Crippen LogP contribution in [-0.4, -0.2) is 162 Å². The molecule has 6 N–H and O–H groups in total. The molecule has 2 aromatic carbocycles. The number of ether oxygens (including phenoxy) is 5. The number of fused-ring (bicyclic) bond motifs is 2. The quantitative estimate of drug-likeness (QED) is 0.0934. The molecule has 4 saturated heterocycles. The topological polar surface area (TPSA) is 227 Å². The zero-order valence-electron chi connectivity index (χ0n) is 44.6. The molecule has 0 aromatic heterocycles. The van der Waals surface area contributed by atoms with Crippen LogP contribution in [0.3, 0.4) is 0 Å². The zero-order chi connectivity index (χ0) is 52.8. The summed E-state index contributed by atoms with van der Waals surface area (Å²) in [5.74, 6) is 0.141. The first-order valence-corrected chi connectivity index (χ1v) is 27.9. The van der Waals surface area contributed by atoms with E-state index in [4.69, 9.17) is 23.7 Å². The van der Waals surface area contributed by atoms with Crippen molar-refractivity contribution in [3.05, 3.63) is 58.7 Å². The molecule has 4 aliphatic heterocycles. The Morgan fingerprint density at radius 2 is 0.973 bits per heavy atom. The van der Waals surface area contributed by atoms with Gasteiger partial charge in [-0.2, -0.15) is 0 Å². The third kappa shape index (κ3) is 13.8. The van der Waals surface area contributed by atoms with Gasteiger partial charge in [0.05, 0.1) is 37.4 Å². The Kier molecular flexibility index (Phi) is 20.2. The summed E-state index contributed by atoms with van der Waals surface area (Å²) < 4.78 is 29.7. The average Bonchev–Trinajstić information content (AvgIpc) is 4.15. The van der Waals surface area contributed by atoms with Crippen molar-refractivity contribution in [2.24, 2.45) is 11.8 Å². The van der Waals surface area contributed by atoms with Crippen molar-refractivity contribution >= 4 is 35.4 Å². The second-order valence-corrected chi connectivity index (χ2v) is 21.1. The summed E-state index contributed by atoms with van der Waals surface area (Å²) >= 11 is 0. The van der Waals surface area contributed by atoms with E-state index in [1.54, 1.807) is 37.7 Å². The van der Waals surface area contributed by atoms with Gasteiger partial charge in [0.1, 0.15) is 48.9 Å². The van der Waals surface area contributed by atoms with E-state index < -0.39 is 36.3 Å². The van der Waals surface area contributed by atoms with Gasteiger partial charge < -0.3 is 65.4 Å². The average molecular weight is 1040 g/mol. The summed E-state index contributed by atoms with van der Waals surface area (Å²) in [6.07, 6.45) is 10.1. The Bertz CT molecular complexity index is 2130. The molecule has 8 atom stereocenters. The van der Waals surface area contributed by atoms with Crippen molar-refractivity contribution in [2.75, 3.05) is 80.0 Å². The van der Waals surface area contributed by atoms with Crippen LogP contribution in [0.1, 0.15) is 125 Å². The third-order valence-electron chi connectivity index (χ3n) is 16.5. The SMILES string of the molecule is CN[C@@H](C)C(=O)NC(C(=O)N1CCC[C@H]1C(=O)N[C@@H]1CCCc2c(OCCOCCOc3cccc4c3CCC[C@H]4NC(=O)[C@@H]3CCCN3C(=O)[C@@H](NC(=O)[C@H](C)NC)C3CCOCC3)cccc21)C1CCOCC1. The van der Waals surface area contributed by atoms with E-state index in [2.05, 4.69) is 31.9 Å². The number of carbonyl (C=O) groups is 6. The number of nitrogens with one attached hydrogen (secondary N) is 6. The summed E-state index contributed by atoms with van der Waals surface area (Å²) in [6.45, 7) is 7.93. The second-order valence-electron chi connectivity index (χ2n) is 21.1. The Morgan fingerprint density at radius 1 is 0.560 bits per heavy atom. The molecular formula is C56H82N8O11. The van der Waals surface area contributed by atoms with Crippen molar-refractivity contribution in [2.45, 2.75) is 152 Å². The lowest BCUT2D eigenvalue weighted by Crippen LogP contribution is -2.58. The minimum atomic E-state index is -0.725. The molecule has 75 heavy (non-hydrogen) atoms. The van der Waals surface area contributed by atoms with E-state index in [1.165, 1.54) is 0 Å². The van der Waals surface area contributed by atoms with Gasteiger partial charge in [0.2, 0.25) is 35.4 Å². The molecule has 8 rings (SSSR count). The summed E-state index contributed by atoms with van der Waals surface area (Å²) in [4.78, 5) is 86.0. The first kappa shape index (κ1) is 55.9. The lowest BCUT2D eigenvalue weighted by Gasteiger charge is -2.35. The van der Waals surface area contributed by atoms with E-state index >= 15 is 0 Å². The summed E-state index contributed by atoms with van der Waals surface area (Å²) in [7, 11) is 3.42. The number of likely N-dealkylation sites (tertiary alicyclic amines) is 2. The number of hydrogen-bond acceptors (Lipinski definition) is 13. The molecule has 0 spiro atoms. The van der Waals surface area contributed by atoms with E-state index in [1.807, 2.05) is 36.4 Å². The predicted octanol–water partition coefficient (Wildman–Crippen LogP) is 3.17. The highest BCUT2D eigenvalue weighted by Gasteiger charge is 2.44. The van der Waals surface area contributed by atoms with Gasteiger partial charge >= 0.3 is 0 Å². The minimum absolute atomic E-state index is 0.0704. The van der Waals surface area contributed by atoms with Crippen LogP contribution in [0.5, 0.6) is 11.5 Å². The van der Waals surface area contributed by atoms with Gasteiger partial charge in [-0.15, -0.1) is 0 Å². The molecule has 0 bridgehead atoms. The van der Waals surface area contributed by atoms with E-state index in [9.17, 15) is 28.8 Å². The highest BCUT2D eigenvalue weighted by Crippen LogP contribution is 2.38. The number of carbonyl (C=O) groups excluding carboxylic acids is 6. The van der Waals surface area contributed by atoms with Crippen molar-refractivity contribution in [1.82, 2.24) is 41.7 Å². The highest BCUT2D eigenvalue weighted by molar-refractivity contribution is 5.95. The van der Waals surface area contributed by atoms with Gasteiger partial charge in [0.25, 0.3) is 0 Å². The molecular weight excluding hydrogens is 961 g/mol. The minimum Gasteiger partial charge on any atom is -0.491 e. The predicted molar refractivity (Wildman–Crippen MR) is 280 cm³/mol. The summed E-state index contributed by atoms with van der Waals surface area (Å²) in [6, 6.07) is 7.84. The molecule has 6 aliphatic rings. The largest absolute Gasteiger partial charge is 0.491 e. The number of amides is 6. The summed E-state index contributed by atoms with van der Waals surface area (Å²) in [5.41, 5.74) is 4.17. The highest BCUT2D eigenvalue weighted by atomic mass is 16.5. The zero-order valence-corrected chi connectivity index (χ0v) is 44.6. The molecule has 2 aliphatic carbocycles. The Balaban J connectivity index is 0.801. The first-order chi connectivity index (χ1) is 36.5. The van der Waals surface area contributed by atoms with Crippen LogP contribution in [-0.2, 0) is 55.8 Å². The maximum atomic E-state index is 14.2. The van der Waals surface area contributed by atoms with Gasteiger partial charge in [0, 0.05) is 39.5 Å². The Hall–Kier alpha value is -5.34. The van der Waals surface area contributed by atoms with Gasteiger partial charge in [-0.3, -0.25) is 28.8 Å². The van der Waals surface area contributed by atoms with Gasteiger partial charge in [-0.05, 0) is 164 Å².